The molecule has 32 heavy (non-hydrogen) atoms. The van der Waals surface area contributed by atoms with Crippen LogP contribution in [0.4, 0.5) is 5.69 Å². The summed E-state index contributed by atoms with van der Waals surface area (Å²) >= 11 is 12.5. The van der Waals surface area contributed by atoms with Gasteiger partial charge in [-0.1, -0.05) is 53.5 Å². The molecule has 1 aliphatic carbocycles. The van der Waals surface area contributed by atoms with Crippen molar-refractivity contribution in [3.05, 3.63) is 99.4 Å². The topological polar surface area (TPSA) is 42.2 Å². The van der Waals surface area contributed by atoms with Gasteiger partial charge in [-0.15, -0.1) is 0 Å². The predicted octanol–water partition coefficient (Wildman–Crippen LogP) is 7.97. The van der Waals surface area contributed by atoms with Gasteiger partial charge in [0.1, 0.15) is 11.5 Å². The van der Waals surface area contributed by atoms with Crippen molar-refractivity contribution in [2.45, 2.75) is 25.2 Å². The van der Waals surface area contributed by atoms with E-state index in [1.807, 2.05) is 30.3 Å². The van der Waals surface area contributed by atoms with E-state index in [9.17, 15) is 4.79 Å². The number of carbonyl (C=O) groups is 1. The third-order valence-corrected chi connectivity index (χ3v) is 6.95. The number of hydrogen-bond acceptors (Lipinski definition) is 3. The molecule has 0 bridgehead atoms. The summed E-state index contributed by atoms with van der Waals surface area (Å²) in [7, 11) is 0. The van der Waals surface area contributed by atoms with Gasteiger partial charge in [0.25, 0.3) is 0 Å². The van der Waals surface area contributed by atoms with Gasteiger partial charge in [0.2, 0.25) is 0 Å². The molecule has 1 N–H and O–H groups in total. The summed E-state index contributed by atoms with van der Waals surface area (Å²) < 4.78 is 6.39. The van der Waals surface area contributed by atoms with E-state index in [1.54, 1.807) is 12.1 Å². The van der Waals surface area contributed by atoms with Gasteiger partial charge in [0.05, 0.1) is 10.9 Å². The number of ketones is 1. The third kappa shape index (κ3) is 3.08. The number of benzene rings is 3. The second-order valence-electron chi connectivity index (χ2n) is 8.30. The molecule has 0 amide bonds. The van der Waals surface area contributed by atoms with E-state index in [4.69, 9.17) is 27.6 Å². The van der Waals surface area contributed by atoms with Gasteiger partial charge in [0.15, 0.2) is 5.78 Å². The van der Waals surface area contributed by atoms with E-state index in [1.165, 1.54) is 0 Å². The minimum absolute atomic E-state index is 0.185. The van der Waals surface area contributed by atoms with Crippen molar-refractivity contribution in [1.29, 1.82) is 0 Å². The number of carbonyl (C=O) groups excluding carboxylic acids is 1. The first-order valence-electron chi connectivity index (χ1n) is 10.7. The maximum Gasteiger partial charge on any atom is 0.161 e. The van der Waals surface area contributed by atoms with Crippen LogP contribution in [0.3, 0.4) is 0 Å². The number of anilines is 1. The van der Waals surface area contributed by atoms with Crippen LogP contribution in [0.2, 0.25) is 10.0 Å². The lowest BCUT2D eigenvalue weighted by Gasteiger charge is -2.33. The van der Waals surface area contributed by atoms with Crippen molar-refractivity contribution >= 4 is 45.4 Å². The van der Waals surface area contributed by atoms with Crippen molar-refractivity contribution in [2.75, 3.05) is 5.32 Å². The van der Waals surface area contributed by atoms with E-state index in [0.29, 0.717) is 22.2 Å². The Morgan fingerprint density at radius 1 is 0.938 bits per heavy atom. The molecule has 3 nitrogen and oxygen atoms in total. The van der Waals surface area contributed by atoms with Crippen LogP contribution < -0.4 is 5.32 Å². The molecule has 158 valence electrons. The summed E-state index contributed by atoms with van der Waals surface area (Å²) in [5.74, 6) is 1.32. The Balaban J connectivity index is 1.57. The second kappa shape index (κ2) is 7.54. The molecule has 1 atom stereocenters. The fourth-order valence-corrected chi connectivity index (χ4v) is 5.48. The van der Waals surface area contributed by atoms with Gasteiger partial charge in [0, 0.05) is 34.0 Å². The van der Waals surface area contributed by atoms with Crippen molar-refractivity contribution < 1.29 is 9.21 Å². The number of fused-ring (bicyclic) bond motifs is 3. The van der Waals surface area contributed by atoms with Crippen LogP contribution in [-0.2, 0) is 4.79 Å². The minimum Gasteiger partial charge on any atom is -0.460 e. The zero-order valence-electron chi connectivity index (χ0n) is 17.1. The molecular formula is C27H19Cl2NO2. The Labute approximate surface area is 195 Å². The maximum absolute atomic E-state index is 13.2. The van der Waals surface area contributed by atoms with Crippen LogP contribution in [0.25, 0.3) is 22.1 Å². The molecular weight excluding hydrogens is 441 g/mol. The van der Waals surface area contributed by atoms with Crippen LogP contribution in [-0.4, -0.2) is 5.78 Å². The highest BCUT2D eigenvalue weighted by Gasteiger charge is 2.37. The van der Waals surface area contributed by atoms with E-state index in [2.05, 4.69) is 29.6 Å². The number of Topliss-reactive ketones (excluding diaryl/α,β-unsaturated/α-hetero) is 1. The fraction of sp³-hybridized carbons (Fsp3) is 0.148. The van der Waals surface area contributed by atoms with Gasteiger partial charge >= 0.3 is 0 Å². The Kier molecular flexibility index (Phi) is 4.63. The van der Waals surface area contributed by atoms with Gasteiger partial charge in [-0.05, 0) is 65.6 Å². The quantitative estimate of drug-likeness (QED) is 0.330. The Morgan fingerprint density at radius 3 is 2.69 bits per heavy atom. The van der Waals surface area contributed by atoms with E-state index in [-0.39, 0.29) is 11.7 Å². The number of allylic oxidation sites excluding steroid dienone is 2. The molecule has 2 heterocycles. The zero-order valence-corrected chi connectivity index (χ0v) is 18.6. The van der Waals surface area contributed by atoms with Crippen LogP contribution in [0.1, 0.15) is 36.5 Å². The zero-order chi connectivity index (χ0) is 21.8. The van der Waals surface area contributed by atoms with Crippen molar-refractivity contribution in [2.24, 2.45) is 0 Å². The van der Waals surface area contributed by atoms with Crippen molar-refractivity contribution in [3.63, 3.8) is 0 Å². The molecule has 1 unspecified atom stereocenters. The summed E-state index contributed by atoms with van der Waals surface area (Å²) in [6, 6.07) is 21.7. The average molecular weight is 460 g/mol. The lowest BCUT2D eigenvalue weighted by Crippen LogP contribution is -2.26. The predicted molar refractivity (Wildman–Crippen MR) is 129 cm³/mol. The molecule has 5 heteroatoms. The first kappa shape index (κ1) is 19.7. The van der Waals surface area contributed by atoms with E-state index in [0.717, 1.165) is 57.5 Å². The summed E-state index contributed by atoms with van der Waals surface area (Å²) in [5.41, 5.74) is 4.73. The number of hydrogen-bond donors (Lipinski definition) is 1. The summed E-state index contributed by atoms with van der Waals surface area (Å²) in [5, 5.41) is 6.92. The highest BCUT2D eigenvalue weighted by atomic mass is 35.5. The molecule has 6 rings (SSSR count). The molecule has 0 spiro atoms. The second-order valence-corrected chi connectivity index (χ2v) is 9.14. The Bertz CT molecular complexity index is 1430. The Morgan fingerprint density at radius 2 is 1.81 bits per heavy atom. The van der Waals surface area contributed by atoms with Crippen LogP contribution in [0.5, 0.6) is 0 Å². The van der Waals surface area contributed by atoms with Gasteiger partial charge in [-0.2, -0.15) is 0 Å². The molecule has 0 radical (unpaired) electrons. The van der Waals surface area contributed by atoms with Gasteiger partial charge < -0.3 is 9.73 Å². The largest absolute Gasteiger partial charge is 0.460 e. The van der Waals surface area contributed by atoms with Gasteiger partial charge in [-0.3, -0.25) is 4.79 Å². The number of halogens is 2. The number of furan rings is 1. The average Bonchev–Trinajstić information content (AvgIpc) is 3.27. The molecule has 1 aromatic heterocycles. The Hall–Kier alpha value is -3.01. The summed E-state index contributed by atoms with van der Waals surface area (Å²) in [6.07, 6.45) is 2.29. The normalized spacial score (nSPS) is 17.8. The standard InChI is InChI=1S/C27H19Cl2NO2/c28-16-9-10-18(19(29)14-16)23-12-13-24(32-23)27-25-17-5-2-1-4-15(17)8-11-21(25)30-20-6-3-7-22(31)26(20)27/h1-2,4-5,8-14,27,30H,3,6-7H2. The van der Waals surface area contributed by atoms with Gasteiger partial charge in [-0.25, -0.2) is 0 Å². The lowest BCUT2D eigenvalue weighted by atomic mass is 9.76. The van der Waals surface area contributed by atoms with Crippen LogP contribution in [0.15, 0.2) is 82.4 Å². The third-order valence-electron chi connectivity index (χ3n) is 6.40. The SMILES string of the molecule is O=C1CCCC2=C1C(c1ccc(-c3ccc(Cl)cc3Cl)o1)c1c(ccc3ccccc13)N2. The van der Waals surface area contributed by atoms with Crippen LogP contribution in [0, 0.1) is 0 Å². The van der Waals surface area contributed by atoms with E-state index >= 15 is 0 Å². The molecule has 0 fully saturated rings. The highest BCUT2D eigenvalue weighted by Crippen LogP contribution is 2.49. The number of rotatable bonds is 2. The molecule has 3 aromatic carbocycles. The molecule has 0 saturated heterocycles. The first-order valence-corrected chi connectivity index (χ1v) is 11.5. The smallest absolute Gasteiger partial charge is 0.161 e. The summed E-state index contributed by atoms with van der Waals surface area (Å²) in [4.78, 5) is 13.2. The van der Waals surface area contributed by atoms with E-state index < -0.39 is 0 Å². The maximum atomic E-state index is 13.2. The minimum atomic E-state index is -0.264. The van der Waals surface area contributed by atoms with Crippen molar-refractivity contribution in [1.82, 2.24) is 0 Å². The fourth-order valence-electron chi connectivity index (χ4n) is 4.98. The molecule has 1 aliphatic heterocycles. The first-order chi connectivity index (χ1) is 15.6. The van der Waals surface area contributed by atoms with Crippen molar-refractivity contribution in [3.8, 4) is 11.3 Å². The summed E-state index contributed by atoms with van der Waals surface area (Å²) in [6.45, 7) is 0. The molecule has 2 aliphatic rings. The number of nitrogens with one attached hydrogen (secondary N) is 1. The molecule has 0 saturated carbocycles. The highest BCUT2D eigenvalue weighted by molar-refractivity contribution is 6.36. The van der Waals surface area contributed by atoms with Crippen LogP contribution >= 0.6 is 23.2 Å². The monoisotopic (exact) mass is 459 g/mol. The molecule has 4 aromatic rings. The lowest BCUT2D eigenvalue weighted by molar-refractivity contribution is -0.116.